The summed E-state index contributed by atoms with van der Waals surface area (Å²) in [6, 6.07) is 13.3. The highest BCUT2D eigenvalue weighted by molar-refractivity contribution is 7.91. The number of sulfone groups is 1. The molecule has 0 aromatic heterocycles. The first-order chi connectivity index (χ1) is 15.5. The minimum Gasteiger partial charge on any atom is -0.434 e. The number of allylic oxidation sites excluding steroid dienone is 1. The Bertz CT molecular complexity index is 1330. The highest BCUT2D eigenvalue weighted by atomic mass is 32.2. The van der Waals surface area contributed by atoms with Crippen LogP contribution in [0, 0.1) is 31.6 Å². The number of nitrogens with two attached hydrogens (primary N) is 1. The smallest absolute Gasteiger partial charge is 0.351 e. The van der Waals surface area contributed by atoms with Crippen LogP contribution in [0.2, 0.25) is 0 Å². The molecule has 0 fully saturated rings. The van der Waals surface area contributed by atoms with Crippen molar-refractivity contribution < 1.29 is 23.0 Å². The van der Waals surface area contributed by atoms with Crippen LogP contribution in [0.15, 0.2) is 65.1 Å². The summed E-state index contributed by atoms with van der Waals surface area (Å²) >= 11 is 0. The van der Waals surface area contributed by atoms with Gasteiger partial charge in [0.1, 0.15) is 23.1 Å². The SMILES string of the molecule is CS(=O)(=O)C1N=C(Cc2ccccc2)C([N+](=O)[O-])=C(Oc2ccc(C#N)c([N+](=O)[O-])c2)N1N. The van der Waals surface area contributed by atoms with Gasteiger partial charge in [0, 0.05) is 12.7 Å². The van der Waals surface area contributed by atoms with Crippen LogP contribution in [0.3, 0.4) is 0 Å². The third-order valence-corrected chi connectivity index (χ3v) is 5.59. The van der Waals surface area contributed by atoms with E-state index in [9.17, 15) is 28.6 Å². The third-order valence-electron chi connectivity index (χ3n) is 4.50. The number of benzene rings is 2. The van der Waals surface area contributed by atoms with Gasteiger partial charge < -0.3 is 4.74 Å². The molecule has 0 spiro atoms. The third kappa shape index (κ3) is 4.95. The van der Waals surface area contributed by atoms with Gasteiger partial charge in [-0.05, 0) is 17.7 Å². The van der Waals surface area contributed by atoms with Gasteiger partial charge in [-0.2, -0.15) is 5.26 Å². The Balaban J connectivity index is 2.16. The van der Waals surface area contributed by atoms with E-state index >= 15 is 0 Å². The summed E-state index contributed by atoms with van der Waals surface area (Å²) in [4.78, 5) is 25.5. The molecule has 2 aromatic rings. The molecule has 1 atom stereocenters. The van der Waals surface area contributed by atoms with Crippen molar-refractivity contribution in [2.75, 3.05) is 6.26 Å². The lowest BCUT2D eigenvalue weighted by molar-refractivity contribution is -0.419. The average molecular weight is 472 g/mol. The van der Waals surface area contributed by atoms with E-state index in [0.29, 0.717) is 10.6 Å². The van der Waals surface area contributed by atoms with E-state index in [1.165, 1.54) is 6.07 Å². The predicted octanol–water partition coefficient (Wildman–Crippen LogP) is 1.49. The normalized spacial score (nSPS) is 16.1. The van der Waals surface area contributed by atoms with Crippen molar-refractivity contribution in [1.29, 1.82) is 5.26 Å². The summed E-state index contributed by atoms with van der Waals surface area (Å²) in [5.41, 5.74) is -2.89. The second-order valence-corrected chi connectivity index (χ2v) is 8.94. The minimum atomic E-state index is -3.98. The Morgan fingerprint density at radius 3 is 2.39 bits per heavy atom. The average Bonchev–Trinajstić information content (AvgIpc) is 2.75. The Kier molecular flexibility index (Phi) is 6.38. The van der Waals surface area contributed by atoms with Crippen molar-refractivity contribution in [1.82, 2.24) is 5.01 Å². The Hall–Kier alpha value is -4.35. The number of nitrogens with zero attached hydrogens (tertiary/aromatic N) is 5. The van der Waals surface area contributed by atoms with Gasteiger partial charge in [-0.25, -0.2) is 24.3 Å². The van der Waals surface area contributed by atoms with Crippen molar-refractivity contribution in [2.24, 2.45) is 10.8 Å². The monoisotopic (exact) mass is 472 g/mol. The molecule has 13 nitrogen and oxygen atoms in total. The van der Waals surface area contributed by atoms with E-state index in [-0.39, 0.29) is 23.4 Å². The Morgan fingerprint density at radius 1 is 1.18 bits per heavy atom. The van der Waals surface area contributed by atoms with Crippen LogP contribution >= 0.6 is 0 Å². The van der Waals surface area contributed by atoms with Gasteiger partial charge in [-0.15, -0.1) is 0 Å². The van der Waals surface area contributed by atoms with Gasteiger partial charge in [0.15, 0.2) is 9.84 Å². The van der Waals surface area contributed by atoms with Gasteiger partial charge in [0.05, 0.1) is 15.9 Å². The van der Waals surface area contributed by atoms with Crippen LogP contribution < -0.4 is 10.6 Å². The first kappa shape index (κ1) is 23.3. The molecule has 170 valence electrons. The van der Waals surface area contributed by atoms with Crippen LogP contribution in [0.4, 0.5) is 5.69 Å². The molecule has 1 heterocycles. The van der Waals surface area contributed by atoms with Gasteiger partial charge in [-0.1, -0.05) is 30.3 Å². The fraction of sp³-hybridized carbons (Fsp3) is 0.158. The number of ether oxygens (including phenoxy) is 1. The van der Waals surface area contributed by atoms with E-state index in [4.69, 9.17) is 15.8 Å². The summed E-state index contributed by atoms with van der Waals surface area (Å²) in [5, 5.41) is 32.7. The second-order valence-electron chi connectivity index (χ2n) is 6.86. The molecule has 0 saturated carbocycles. The van der Waals surface area contributed by atoms with Gasteiger partial charge >= 0.3 is 5.70 Å². The number of nitro benzene ring substituents is 1. The first-order valence-corrected chi connectivity index (χ1v) is 11.1. The molecule has 3 rings (SSSR count). The largest absolute Gasteiger partial charge is 0.434 e. The van der Waals surface area contributed by atoms with Gasteiger partial charge in [0.25, 0.3) is 11.6 Å². The number of hydrogen-bond acceptors (Lipinski definition) is 11. The maximum atomic E-state index is 12.3. The molecule has 1 aliphatic rings. The number of nitro groups is 2. The maximum absolute atomic E-state index is 12.3. The van der Waals surface area contributed by atoms with Crippen LogP contribution in [0.25, 0.3) is 0 Å². The lowest BCUT2D eigenvalue weighted by Gasteiger charge is -2.30. The molecule has 0 radical (unpaired) electrons. The molecule has 0 bridgehead atoms. The molecule has 0 saturated heterocycles. The number of hydrazine groups is 1. The van der Waals surface area contributed by atoms with Gasteiger partial charge in [-0.3, -0.25) is 20.2 Å². The summed E-state index contributed by atoms with van der Waals surface area (Å²) in [7, 11) is -3.98. The summed E-state index contributed by atoms with van der Waals surface area (Å²) in [5.74, 6) is 4.93. The van der Waals surface area contributed by atoms with E-state index in [1.807, 2.05) is 0 Å². The Morgan fingerprint density at radius 2 is 1.85 bits per heavy atom. The predicted molar refractivity (Wildman–Crippen MR) is 115 cm³/mol. The molecule has 33 heavy (non-hydrogen) atoms. The fourth-order valence-electron chi connectivity index (χ4n) is 3.04. The summed E-state index contributed by atoms with van der Waals surface area (Å²) in [6.07, 6.45) is 0.750. The molecule has 0 aliphatic carbocycles. The minimum absolute atomic E-state index is 0.0998. The van der Waals surface area contributed by atoms with Crippen LogP contribution in [0.5, 0.6) is 5.75 Å². The van der Waals surface area contributed by atoms with Crippen molar-refractivity contribution in [2.45, 2.75) is 11.9 Å². The molecular formula is C19H16N6O7S. The van der Waals surface area contributed by atoms with E-state index in [1.54, 1.807) is 36.4 Å². The van der Waals surface area contributed by atoms with Crippen molar-refractivity contribution in [3.05, 3.63) is 91.5 Å². The molecule has 14 heteroatoms. The van der Waals surface area contributed by atoms with E-state index in [0.717, 1.165) is 18.4 Å². The number of nitriles is 1. The van der Waals surface area contributed by atoms with Crippen LogP contribution in [-0.4, -0.2) is 40.7 Å². The zero-order valence-corrected chi connectivity index (χ0v) is 17.8. The molecule has 1 unspecified atom stereocenters. The molecule has 2 N–H and O–H groups in total. The molecule has 0 amide bonds. The lowest BCUT2D eigenvalue weighted by atomic mass is 10.1. The van der Waals surface area contributed by atoms with E-state index in [2.05, 4.69) is 4.99 Å². The second kappa shape index (κ2) is 9.02. The van der Waals surface area contributed by atoms with Crippen LogP contribution in [0.1, 0.15) is 11.1 Å². The first-order valence-electron chi connectivity index (χ1n) is 9.11. The fourth-order valence-corrected chi connectivity index (χ4v) is 3.87. The molecular weight excluding hydrogens is 456 g/mol. The summed E-state index contributed by atoms with van der Waals surface area (Å²) < 4.78 is 30.1. The zero-order valence-electron chi connectivity index (χ0n) is 17.0. The number of hydrogen-bond donors (Lipinski definition) is 1. The number of aliphatic imine (C=N–C) groups is 1. The van der Waals surface area contributed by atoms with Crippen LogP contribution in [-0.2, 0) is 16.3 Å². The van der Waals surface area contributed by atoms with Crippen molar-refractivity contribution in [3.8, 4) is 11.8 Å². The standard InChI is InChI=1S/C19H16N6O7S/c1-33(30,31)19-22-15(9-12-5-3-2-4-6-12)17(25(28)29)18(23(19)21)32-14-8-7-13(11-20)16(10-14)24(26)27/h2-8,10,19H,9,21H2,1H3. The zero-order chi connectivity index (χ0) is 24.3. The molecule has 1 aliphatic heterocycles. The van der Waals surface area contributed by atoms with E-state index < -0.39 is 42.4 Å². The maximum Gasteiger partial charge on any atom is 0.351 e. The quantitative estimate of drug-likeness (QED) is 0.350. The highest BCUT2D eigenvalue weighted by Crippen LogP contribution is 2.30. The molecule has 2 aromatic carbocycles. The summed E-state index contributed by atoms with van der Waals surface area (Å²) in [6.45, 7) is 0. The Labute approximate surface area is 187 Å². The number of rotatable bonds is 7. The van der Waals surface area contributed by atoms with Crippen molar-refractivity contribution >= 4 is 21.2 Å². The lowest BCUT2D eigenvalue weighted by Crippen LogP contribution is -2.50. The van der Waals surface area contributed by atoms with Crippen molar-refractivity contribution in [3.63, 3.8) is 0 Å². The topological polar surface area (TPSA) is 195 Å². The van der Waals surface area contributed by atoms with Gasteiger partial charge in [0.2, 0.25) is 5.50 Å². The highest BCUT2D eigenvalue weighted by Gasteiger charge is 2.42.